The molecule has 0 aliphatic carbocycles. The van der Waals surface area contributed by atoms with Crippen LogP contribution in [0.1, 0.15) is 61.2 Å². The maximum absolute atomic E-state index is 11.4. The quantitative estimate of drug-likeness (QED) is 0.742. The van der Waals surface area contributed by atoms with Crippen LogP contribution < -0.4 is 0 Å². The third kappa shape index (κ3) is 9.45. The molecule has 25 heavy (non-hydrogen) atoms. The van der Waals surface area contributed by atoms with Gasteiger partial charge in [0.15, 0.2) is 0 Å². The van der Waals surface area contributed by atoms with Crippen LogP contribution in [-0.2, 0) is 0 Å². The van der Waals surface area contributed by atoms with Gasteiger partial charge in [-0.1, -0.05) is 38.7 Å². The topological polar surface area (TPSA) is 60.8 Å². The van der Waals surface area contributed by atoms with Crippen molar-refractivity contribution in [3.05, 3.63) is 28.0 Å². The number of hydrogen-bond donors (Lipinski definition) is 2. The van der Waals surface area contributed by atoms with E-state index in [4.69, 9.17) is 5.11 Å². The molecule has 0 atom stereocenters. The first-order valence-corrected chi connectivity index (χ1v) is 9.25. The molecule has 0 fully saturated rings. The molecular weight excluding hydrogens is 334 g/mol. The predicted octanol–water partition coefficient (Wildman–Crippen LogP) is 4.20. The van der Waals surface area contributed by atoms with E-state index in [0.29, 0.717) is 24.2 Å². The Morgan fingerprint density at radius 3 is 2.36 bits per heavy atom. The predicted molar refractivity (Wildman–Crippen MR) is 107 cm³/mol. The number of nitrogens with zero attached hydrogens (tertiary/aromatic N) is 1. The molecule has 0 unspecified atom stereocenters. The first-order valence-electron chi connectivity index (χ1n) is 8.43. The zero-order valence-corrected chi connectivity index (χ0v) is 17.1. The minimum Gasteiger partial charge on any atom is -0.477 e. The Bertz CT molecular complexity index is 630. The van der Waals surface area contributed by atoms with Gasteiger partial charge in [-0.15, -0.1) is 11.3 Å². The van der Waals surface area contributed by atoms with Gasteiger partial charge in [0, 0.05) is 24.1 Å². The van der Waals surface area contributed by atoms with Crippen molar-refractivity contribution in [2.45, 2.75) is 41.0 Å². The molecule has 140 valence electrons. The highest BCUT2D eigenvalue weighted by atomic mass is 32.1. The number of rotatable bonds is 6. The summed E-state index contributed by atoms with van der Waals surface area (Å²) in [7, 11) is 1.86. The summed E-state index contributed by atoms with van der Waals surface area (Å²) < 4.78 is 0. The van der Waals surface area contributed by atoms with Gasteiger partial charge in [0.25, 0.3) is 0 Å². The molecule has 0 aliphatic heterocycles. The third-order valence-electron chi connectivity index (χ3n) is 2.81. The van der Waals surface area contributed by atoms with E-state index < -0.39 is 5.97 Å². The monoisotopic (exact) mass is 365 g/mol. The first kappa shape index (κ1) is 23.4. The van der Waals surface area contributed by atoms with E-state index >= 15 is 0 Å². The summed E-state index contributed by atoms with van der Waals surface area (Å²) in [6.07, 6.45) is 1.25. The van der Waals surface area contributed by atoms with Gasteiger partial charge in [0.2, 0.25) is 0 Å². The molecule has 2 N–H and O–H groups in total. The van der Waals surface area contributed by atoms with Gasteiger partial charge in [-0.25, -0.2) is 4.79 Å². The van der Waals surface area contributed by atoms with E-state index in [9.17, 15) is 9.90 Å². The third-order valence-corrected chi connectivity index (χ3v) is 3.85. The number of hydrogen-bond acceptors (Lipinski definition) is 4. The molecule has 0 aliphatic rings. The number of aliphatic hydroxyl groups excluding tert-OH is 1. The van der Waals surface area contributed by atoms with Crippen LogP contribution in [0.15, 0.2) is 12.6 Å². The second-order valence-corrected chi connectivity index (χ2v) is 7.98. The summed E-state index contributed by atoms with van der Waals surface area (Å²) in [5, 5.41) is 18.3. The fourth-order valence-electron chi connectivity index (χ4n) is 1.78. The van der Waals surface area contributed by atoms with Crippen molar-refractivity contribution in [1.82, 2.24) is 4.90 Å². The van der Waals surface area contributed by atoms with Crippen LogP contribution in [-0.4, -0.2) is 47.8 Å². The molecule has 0 bridgehead atoms. The lowest BCUT2D eigenvalue weighted by Gasteiger charge is -2.16. The Balaban J connectivity index is 0.00000178. The Kier molecular flexibility index (Phi) is 10.4. The lowest BCUT2D eigenvalue weighted by atomic mass is 9.98. The lowest BCUT2D eigenvalue weighted by Crippen LogP contribution is -2.24. The van der Waals surface area contributed by atoms with E-state index in [-0.39, 0.29) is 16.9 Å². The van der Waals surface area contributed by atoms with E-state index in [1.807, 2.05) is 32.7 Å². The van der Waals surface area contributed by atoms with Crippen molar-refractivity contribution < 1.29 is 15.0 Å². The van der Waals surface area contributed by atoms with Gasteiger partial charge < -0.3 is 10.2 Å². The van der Waals surface area contributed by atoms with E-state index in [2.05, 4.69) is 32.3 Å². The van der Waals surface area contributed by atoms with Gasteiger partial charge >= 0.3 is 5.97 Å². The smallest absolute Gasteiger partial charge is 0.346 e. The maximum Gasteiger partial charge on any atom is 0.346 e. The van der Waals surface area contributed by atoms with E-state index in [1.165, 1.54) is 17.8 Å². The molecule has 5 heteroatoms. The normalized spacial score (nSPS) is 10.6. The minimum atomic E-state index is -0.963. The number of aliphatic hydroxyl groups is 1. The highest BCUT2D eigenvalue weighted by molar-refractivity contribution is 7.14. The first-order chi connectivity index (χ1) is 11.6. The molecule has 1 aromatic heterocycles. The van der Waals surface area contributed by atoms with Gasteiger partial charge in [0.1, 0.15) is 4.88 Å². The maximum atomic E-state index is 11.4. The van der Waals surface area contributed by atoms with Crippen molar-refractivity contribution in [2.75, 3.05) is 26.7 Å². The van der Waals surface area contributed by atoms with Crippen molar-refractivity contribution in [3.63, 3.8) is 0 Å². The van der Waals surface area contributed by atoms with Gasteiger partial charge in [0.05, 0.1) is 11.5 Å². The summed E-state index contributed by atoms with van der Waals surface area (Å²) in [5.74, 6) is 5.19. The minimum absolute atomic E-state index is 0.0571. The molecule has 0 saturated heterocycles. The summed E-state index contributed by atoms with van der Waals surface area (Å²) >= 11 is 1.18. The number of aromatic carboxylic acids is 1. The van der Waals surface area contributed by atoms with Crippen molar-refractivity contribution in [2.24, 2.45) is 5.41 Å². The fraction of sp³-hybridized carbons (Fsp3) is 0.550. The van der Waals surface area contributed by atoms with Crippen molar-refractivity contribution >= 4 is 22.9 Å². The van der Waals surface area contributed by atoms with Crippen LogP contribution >= 0.6 is 11.3 Å². The van der Waals surface area contributed by atoms with Crippen LogP contribution in [0.25, 0.3) is 5.57 Å². The van der Waals surface area contributed by atoms with Crippen LogP contribution in [0.4, 0.5) is 0 Å². The molecule has 0 aromatic carbocycles. The van der Waals surface area contributed by atoms with E-state index in [0.717, 1.165) is 4.88 Å². The standard InChI is InChI=1S/C17H23NO3S.C3H8/c1-12(11-18(5)8-9-19)14-10-13(6-7-17(2,3)4)22-15(14)16(20)21;1-3-2/h10,19H,1,8-9,11H2,2-5H3,(H,20,21);3H2,1-2H3. The number of carboxylic acids is 1. The molecule has 1 aromatic rings. The van der Waals surface area contributed by atoms with Gasteiger partial charge in [-0.2, -0.15) is 0 Å². The van der Waals surface area contributed by atoms with Gasteiger partial charge in [-0.05, 0) is 39.5 Å². The highest BCUT2D eigenvalue weighted by Gasteiger charge is 2.18. The number of likely N-dealkylation sites (N-methyl/N-ethyl adjacent to an activating group) is 1. The second kappa shape index (κ2) is 11.1. The second-order valence-electron chi connectivity index (χ2n) is 6.93. The SMILES string of the molecule is C=C(CN(C)CCO)c1cc(C#CC(C)(C)C)sc1C(=O)O.CCC. The molecular formula is C20H31NO3S. The Morgan fingerprint density at radius 2 is 1.92 bits per heavy atom. The fourth-order valence-corrected chi connectivity index (χ4v) is 2.68. The molecule has 1 rings (SSSR count). The zero-order valence-electron chi connectivity index (χ0n) is 16.3. The number of thiophene rings is 1. The molecule has 0 radical (unpaired) electrons. The number of carbonyl (C=O) groups is 1. The average molecular weight is 366 g/mol. The van der Waals surface area contributed by atoms with Gasteiger partial charge in [-0.3, -0.25) is 4.90 Å². The van der Waals surface area contributed by atoms with Crippen LogP contribution in [0.2, 0.25) is 0 Å². The van der Waals surface area contributed by atoms with Crippen molar-refractivity contribution in [3.8, 4) is 11.8 Å². The average Bonchev–Trinajstić information content (AvgIpc) is 2.90. The summed E-state index contributed by atoms with van der Waals surface area (Å²) in [5.41, 5.74) is 1.21. The van der Waals surface area contributed by atoms with Crippen LogP contribution in [0.3, 0.4) is 0 Å². The van der Waals surface area contributed by atoms with Crippen molar-refractivity contribution in [1.29, 1.82) is 0 Å². The summed E-state index contributed by atoms with van der Waals surface area (Å²) in [6, 6.07) is 1.79. The molecule has 1 heterocycles. The molecule has 4 nitrogen and oxygen atoms in total. The highest BCUT2D eigenvalue weighted by Crippen LogP contribution is 2.28. The van der Waals surface area contributed by atoms with Crippen LogP contribution in [0.5, 0.6) is 0 Å². The van der Waals surface area contributed by atoms with E-state index in [1.54, 1.807) is 6.07 Å². The zero-order chi connectivity index (χ0) is 19.6. The molecule has 0 amide bonds. The molecule has 0 spiro atoms. The Hall–Kier alpha value is -1.61. The molecule has 0 saturated carbocycles. The lowest BCUT2D eigenvalue weighted by molar-refractivity contribution is 0.0701. The van der Waals surface area contributed by atoms with Crippen LogP contribution in [0, 0.1) is 17.3 Å². The Labute approximate surface area is 156 Å². The number of carboxylic acid groups (broad SMARTS) is 1. The Morgan fingerprint density at radius 1 is 1.36 bits per heavy atom. The summed E-state index contributed by atoms with van der Waals surface area (Å²) in [6.45, 7) is 15.3. The summed E-state index contributed by atoms with van der Waals surface area (Å²) in [4.78, 5) is 14.3. The largest absolute Gasteiger partial charge is 0.477 e.